The number of hydrogen-bond donors (Lipinski definition) is 1. The lowest BCUT2D eigenvalue weighted by atomic mass is 10.1. The number of aromatic amines is 1. The van der Waals surface area contributed by atoms with Crippen LogP contribution in [0, 0.1) is 5.82 Å². The van der Waals surface area contributed by atoms with Crippen molar-refractivity contribution in [1.82, 2.24) is 24.1 Å². The van der Waals surface area contributed by atoms with Gasteiger partial charge in [0.15, 0.2) is 5.82 Å². The smallest absolute Gasteiger partial charge is 0.258 e. The van der Waals surface area contributed by atoms with Gasteiger partial charge >= 0.3 is 0 Å². The fourth-order valence-electron chi connectivity index (χ4n) is 3.09. The molecule has 0 amide bonds. The Bertz CT molecular complexity index is 1070. The first kappa shape index (κ1) is 16.5. The molecule has 1 N–H and O–H groups in total. The lowest BCUT2D eigenvalue weighted by Gasteiger charge is -2.13. The van der Waals surface area contributed by atoms with Crippen molar-refractivity contribution in [3.05, 3.63) is 29.3 Å². The molecule has 0 aliphatic carbocycles. The average Bonchev–Trinajstić information content (AvgIpc) is 3.26. The highest BCUT2D eigenvalue weighted by Gasteiger charge is 2.30. The fourth-order valence-corrected chi connectivity index (χ4v) is 4.88. The summed E-state index contributed by atoms with van der Waals surface area (Å²) < 4.78 is 42.8. The number of aryl methyl sites for hydroxylation is 1. The van der Waals surface area contributed by atoms with Crippen molar-refractivity contribution < 1.29 is 12.8 Å². The zero-order chi connectivity index (χ0) is 17.8. The van der Waals surface area contributed by atoms with Crippen LogP contribution in [-0.4, -0.2) is 45.6 Å². The van der Waals surface area contributed by atoms with E-state index < -0.39 is 15.8 Å². The molecule has 1 aliphatic heterocycles. The summed E-state index contributed by atoms with van der Waals surface area (Å²) in [5.41, 5.74) is 0.474. The van der Waals surface area contributed by atoms with E-state index in [0.29, 0.717) is 29.9 Å². The molecule has 1 fully saturated rings. The number of nitrogens with zero attached hydrogens (tertiary/aromatic N) is 4. The number of fused-ring (bicyclic) bond motifs is 1. The second-order valence-electron chi connectivity index (χ2n) is 5.99. The van der Waals surface area contributed by atoms with Gasteiger partial charge in [0.25, 0.3) is 10.0 Å². The Kier molecular flexibility index (Phi) is 3.82. The second kappa shape index (κ2) is 5.79. The third-order valence-electron chi connectivity index (χ3n) is 4.30. The van der Waals surface area contributed by atoms with Crippen LogP contribution in [0.15, 0.2) is 23.5 Å². The van der Waals surface area contributed by atoms with Gasteiger partial charge in [-0.1, -0.05) is 11.6 Å². The van der Waals surface area contributed by atoms with Crippen LogP contribution in [-0.2, 0) is 17.1 Å². The maximum absolute atomic E-state index is 14.4. The number of halogens is 2. The first-order valence-electron chi connectivity index (χ1n) is 7.75. The third kappa shape index (κ3) is 2.62. The largest absolute Gasteiger partial charge is 0.342 e. The summed E-state index contributed by atoms with van der Waals surface area (Å²) in [6.45, 7) is 0.936. The molecule has 0 saturated carbocycles. The molecule has 10 heteroatoms. The van der Waals surface area contributed by atoms with Gasteiger partial charge in [0.1, 0.15) is 17.2 Å². The van der Waals surface area contributed by atoms with Crippen LogP contribution in [0.1, 0.15) is 12.8 Å². The Balaban J connectivity index is 1.95. The monoisotopic (exact) mass is 383 g/mol. The van der Waals surface area contributed by atoms with E-state index in [1.807, 2.05) is 0 Å². The molecule has 3 heterocycles. The molecule has 0 radical (unpaired) electrons. The van der Waals surface area contributed by atoms with Gasteiger partial charge in [-0.2, -0.15) is 9.40 Å². The summed E-state index contributed by atoms with van der Waals surface area (Å²) in [6.07, 6.45) is 3.14. The van der Waals surface area contributed by atoms with Crippen molar-refractivity contribution in [3.63, 3.8) is 0 Å². The number of nitrogens with one attached hydrogen (secondary N) is 1. The lowest BCUT2D eigenvalue weighted by molar-refractivity contribution is 0.475. The number of sulfonamides is 1. The molecule has 1 saturated heterocycles. The normalized spacial score (nSPS) is 16.1. The van der Waals surface area contributed by atoms with Crippen LogP contribution in [0.25, 0.3) is 22.3 Å². The second-order valence-corrected chi connectivity index (χ2v) is 8.30. The molecular formula is C15H15ClFN5O2S. The highest BCUT2D eigenvalue weighted by atomic mass is 35.5. The summed E-state index contributed by atoms with van der Waals surface area (Å²) in [5.74, 6) is -0.316. The summed E-state index contributed by atoms with van der Waals surface area (Å²) in [4.78, 5) is 6.85. The van der Waals surface area contributed by atoms with Gasteiger partial charge < -0.3 is 4.98 Å². The minimum atomic E-state index is -3.70. The van der Waals surface area contributed by atoms with Crippen molar-refractivity contribution in [1.29, 1.82) is 0 Å². The predicted molar refractivity (Wildman–Crippen MR) is 91.3 cm³/mol. The van der Waals surface area contributed by atoms with Gasteiger partial charge in [-0.15, -0.1) is 0 Å². The van der Waals surface area contributed by atoms with E-state index in [9.17, 15) is 12.8 Å². The molecule has 132 valence electrons. The maximum atomic E-state index is 14.4. The first-order valence-corrected chi connectivity index (χ1v) is 9.56. The Hall–Kier alpha value is -1.97. The molecule has 3 aromatic rings. The van der Waals surface area contributed by atoms with E-state index in [0.717, 1.165) is 18.9 Å². The summed E-state index contributed by atoms with van der Waals surface area (Å²) >= 11 is 6.20. The quantitative estimate of drug-likeness (QED) is 0.753. The van der Waals surface area contributed by atoms with E-state index in [1.165, 1.54) is 21.4 Å². The van der Waals surface area contributed by atoms with E-state index in [1.54, 1.807) is 7.05 Å². The molecule has 7 nitrogen and oxygen atoms in total. The van der Waals surface area contributed by atoms with Gasteiger partial charge in [-0.3, -0.25) is 4.68 Å². The maximum Gasteiger partial charge on any atom is 0.258 e. The van der Waals surface area contributed by atoms with Gasteiger partial charge in [-0.05, 0) is 25.0 Å². The summed E-state index contributed by atoms with van der Waals surface area (Å²) in [7, 11) is -2.00. The van der Waals surface area contributed by atoms with Crippen LogP contribution in [0.4, 0.5) is 4.39 Å². The Morgan fingerprint density at radius 2 is 2.00 bits per heavy atom. The van der Waals surface area contributed by atoms with Crippen molar-refractivity contribution in [2.24, 2.45) is 7.05 Å². The predicted octanol–water partition coefficient (Wildman–Crippen LogP) is 2.54. The minimum Gasteiger partial charge on any atom is -0.342 e. The topological polar surface area (TPSA) is 83.9 Å². The van der Waals surface area contributed by atoms with E-state index in [-0.39, 0.29) is 15.6 Å². The SMILES string of the molecule is Cn1cnc(-c2c(Cl)cc(F)c3[nH]c(S(=O)(=O)N4CCCC4)cc23)n1. The standard InChI is InChI=1S/C15H15ClFN5O2S/c1-21-8-18-15(20-21)13-9-6-12(19-14(9)11(17)7-10(13)16)25(23,24)22-4-2-3-5-22/h6-8,19H,2-5H2,1H3. The zero-order valence-corrected chi connectivity index (χ0v) is 14.9. The van der Waals surface area contributed by atoms with Gasteiger partial charge in [0.2, 0.25) is 0 Å². The Morgan fingerprint density at radius 1 is 1.28 bits per heavy atom. The fraction of sp³-hybridized carbons (Fsp3) is 0.333. The molecule has 4 rings (SSSR count). The minimum absolute atomic E-state index is 0.0530. The third-order valence-corrected chi connectivity index (χ3v) is 6.42. The molecule has 1 aromatic carbocycles. The molecule has 0 atom stereocenters. The molecule has 2 aromatic heterocycles. The first-order chi connectivity index (χ1) is 11.9. The number of hydrogen-bond acceptors (Lipinski definition) is 4. The van der Waals surface area contributed by atoms with Crippen LogP contribution < -0.4 is 0 Å². The number of H-pyrrole nitrogens is 1. The van der Waals surface area contributed by atoms with E-state index >= 15 is 0 Å². The molecule has 25 heavy (non-hydrogen) atoms. The number of rotatable bonds is 3. The highest BCUT2D eigenvalue weighted by Crippen LogP contribution is 2.37. The van der Waals surface area contributed by atoms with Crippen molar-refractivity contribution in [2.45, 2.75) is 17.9 Å². The van der Waals surface area contributed by atoms with E-state index in [2.05, 4.69) is 15.1 Å². The molecule has 0 bridgehead atoms. The van der Waals surface area contributed by atoms with Crippen molar-refractivity contribution in [3.8, 4) is 11.4 Å². The van der Waals surface area contributed by atoms with Crippen LogP contribution in [0.2, 0.25) is 5.02 Å². The Morgan fingerprint density at radius 3 is 2.64 bits per heavy atom. The number of aromatic nitrogens is 4. The van der Waals surface area contributed by atoms with Gasteiger partial charge in [0, 0.05) is 31.1 Å². The van der Waals surface area contributed by atoms with Crippen molar-refractivity contribution >= 4 is 32.5 Å². The van der Waals surface area contributed by atoms with Crippen LogP contribution >= 0.6 is 11.6 Å². The van der Waals surface area contributed by atoms with Crippen LogP contribution in [0.5, 0.6) is 0 Å². The molecule has 0 spiro atoms. The summed E-state index contributed by atoms with van der Waals surface area (Å²) in [6, 6.07) is 2.54. The lowest BCUT2D eigenvalue weighted by Crippen LogP contribution is -2.28. The molecule has 1 aliphatic rings. The molecule has 0 unspecified atom stereocenters. The zero-order valence-electron chi connectivity index (χ0n) is 13.3. The summed E-state index contributed by atoms with van der Waals surface area (Å²) in [5, 5.41) is 4.61. The Labute approximate surface area is 148 Å². The van der Waals surface area contributed by atoms with E-state index in [4.69, 9.17) is 11.6 Å². The van der Waals surface area contributed by atoms with Gasteiger partial charge in [0.05, 0.1) is 10.5 Å². The van der Waals surface area contributed by atoms with Crippen LogP contribution in [0.3, 0.4) is 0 Å². The highest BCUT2D eigenvalue weighted by molar-refractivity contribution is 7.89. The number of benzene rings is 1. The average molecular weight is 384 g/mol. The molecular weight excluding hydrogens is 369 g/mol. The van der Waals surface area contributed by atoms with Crippen molar-refractivity contribution in [2.75, 3.05) is 13.1 Å². The van der Waals surface area contributed by atoms with Gasteiger partial charge in [-0.25, -0.2) is 17.8 Å².